The molecule has 0 atom stereocenters. The second-order valence-electron chi connectivity index (χ2n) is 6.29. The highest BCUT2D eigenvalue weighted by molar-refractivity contribution is 5.82. The number of benzene rings is 1. The smallest absolute Gasteiger partial charge is 0.0708 e. The van der Waals surface area contributed by atoms with Crippen LogP contribution in [0.3, 0.4) is 0 Å². The Hall–Kier alpha value is -1.41. The summed E-state index contributed by atoms with van der Waals surface area (Å²) in [7, 11) is 0. The second-order valence-corrected chi connectivity index (χ2v) is 6.29. The zero-order chi connectivity index (χ0) is 13.5. The summed E-state index contributed by atoms with van der Waals surface area (Å²) in [6.07, 6.45) is 2.74. The summed E-state index contributed by atoms with van der Waals surface area (Å²) in [5.41, 5.74) is 3.80. The number of nitrogens with zero attached hydrogens (tertiary/aromatic N) is 1. The van der Waals surface area contributed by atoms with Crippen LogP contribution in [0.5, 0.6) is 0 Å². The molecule has 2 heteroatoms. The third-order valence-electron chi connectivity index (χ3n) is 4.26. The fourth-order valence-electron chi connectivity index (χ4n) is 2.81. The van der Waals surface area contributed by atoms with Gasteiger partial charge < -0.3 is 5.32 Å². The summed E-state index contributed by atoms with van der Waals surface area (Å²) in [6, 6.07) is 10.6. The number of para-hydroxylation sites is 1. The van der Waals surface area contributed by atoms with Crippen molar-refractivity contribution in [2.24, 2.45) is 5.92 Å². The van der Waals surface area contributed by atoms with Gasteiger partial charge in [-0.2, -0.15) is 0 Å². The summed E-state index contributed by atoms with van der Waals surface area (Å²) in [5.74, 6) is 0.849. The first-order chi connectivity index (χ1) is 9.06. The maximum Gasteiger partial charge on any atom is 0.0708 e. The molecule has 1 fully saturated rings. The molecule has 0 unspecified atom stereocenters. The molecule has 0 bridgehead atoms. The lowest BCUT2D eigenvalue weighted by Gasteiger charge is -2.26. The zero-order valence-electron chi connectivity index (χ0n) is 12.0. The van der Waals surface area contributed by atoms with Crippen molar-refractivity contribution in [2.75, 3.05) is 0 Å². The molecule has 0 amide bonds. The summed E-state index contributed by atoms with van der Waals surface area (Å²) in [5, 5.41) is 5.00. The van der Waals surface area contributed by atoms with Crippen molar-refractivity contribution < 1.29 is 0 Å². The molecule has 1 aliphatic carbocycles. The average Bonchev–Trinajstić information content (AvgIpc) is 3.20. The third kappa shape index (κ3) is 2.64. The van der Waals surface area contributed by atoms with E-state index >= 15 is 0 Å². The van der Waals surface area contributed by atoms with E-state index in [0.29, 0.717) is 0 Å². The van der Waals surface area contributed by atoms with Gasteiger partial charge in [0.1, 0.15) is 0 Å². The third-order valence-corrected chi connectivity index (χ3v) is 4.26. The van der Waals surface area contributed by atoms with Gasteiger partial charge in [0.05, 0.1) is 5.52 Å². The van der Waals surface area contributed by atoms with Crippen molar-refractivity contribution in [1.29, 1.82) is 0 Å². The fourth-order valence-corrected chi connectivity index (χ4v) is 2.81. The van der Waals surface area contributed by atoms with Crippen LogP contribution in [0.4, 0.5) is 0 Å². The van der Waals surface area contributed by atoms with E-state index in [-0.39, 0.29) is 5.54 Å². The summed E-state index contributed by atoms with van der Waals surface area (Å²) >= 11 is 0. The van der Waals surface area contributed by atoms with Crippen LogP contribution < -0.4 is 5.32 Å². The molecule has 3 rings (SSSR count). The highest BCUT2D eigenvalue weighted by Crippen LogP contribution is 2.39. The molecule has 0 aliphatic heterocycles. The Bertz CT molecular complexity index is 597. The predicted molar refractivity (Wildman–Crippen MR) is 80.1 cm³/mol. The molecule has 1 aliphatic rings. The van der Waals surface area contributed by atoms with Crippen LogP contribution >= 0.6 is 0 Å². The molecule has 1 aromatic carbocycles. The van der Waals surface area contributed by atoms with Gasteiger partial charge in [0.15, 0.2) is 0 Å². The number of aryl methyl sites for hydroxylation is 1. The van der Waals surface area contributed by atoms with Gasteiger partial charge in [-0.05, 0) is 57.2 Å². The van der Waals surface area contributed by atoms with Crippen molar-refractivity contribution in [3.63, 3.8) is 0 Å². The van der Waals surface area contributed by atoms with Gasteiger partial charge in [0.25, 0.3) is 0 Å². The van der Waals surface area contributed by atoms with Gasteiger partial charge in [0, 0.05) is 23.2 Å². The SMILES string of the molecule is Cc1cc(CNC(C)(C)C2CC2)c2ccccc2n1. The largest absolute Gasteiger partial charge is 0.307 e. The molecule has 0 saturated heterocycles. The van der Waals surface area contributed by atoms with Crippen molar-refractivity contribution in [3.8, 4) is 0 Å². The molecule has 1 aromatic heterocycles. The fraction of sp³-hybridized carbons (Fsp3) is 0.471. The molecule has 19 heavy (non-hydrogen) atoms. The van der Waals surface area contributed by atoms with E-state index < -0.39 is 0 Å². The van der Waals surface area contributed by atoms with Gasteiger partial charge in [-0.1, -0.05) is 18.2 Å². The van der Waals surface area contributed by atoms with Gasteiger partial charge in [0.2, 0.25) is 0 Å². The van der Waals surface area contributed by atoms with Crippen LogP contribution in [0.1, 0.15) is 37.9 Å². The monoisotopic (exact) mass is 254 g/mol. The minimum Gasteiger partial charge on any atom is -0.307 e. The van der Waals surface area contributed by atoms with Gasteiger partial charge in [-0.15, -0.1) is 0 Å². The molecular weight excluding hydrogens is 232 g/mol. The van der Waals surface area contributed by atoms with E-state index in [9.17, 15) is 0 Å². The lowest BCUT2D eigenvalue weighted by molar-refractivity contribution is 0.340. The highest BCUT2D eigenvalue weighted by Gasteiger charge is 2.37. The molecule has 2 aromatic rings. The Morgan fingerprint density at radius 3 is 2.74 bits per heavy atom. The topological polar surface area (TPSA) is 24.9 Å². The maximum atomic E-state index is 4.60. The van der Waals surface area contributed by atoms with Crippen LogP contribution in [0.2, 0.25) is 0 Å². The van der Waals surface area contributed by atoms with Gasteiger partial charge in [-0.3, -0.25) is 4.98 Å². The lowest BCUT2D eigenvalue weighted by Crippen LogP contribution is -2.40. The molecule has 0 radical (unpaired) electrons. The standard InChI is InChI=1S/C17H22N2/c1-12-10-13(11-18-17(2,3)14-8-9-14)15-6-4-5-7-16(15)19-12/h4-7,10,14,18H,8-9,11H2,1-3H3. The number of fused-ring (bicyclic) bond motifs is 1. The van der Waals surface area contributed by atoms with Gasteiger partial charge >= 0.3 is 0 Å². The van der Waals surface area contributed by atoms with Crippen molar-refractivity contribution in [3.05, 3.63) is 41.6 Å². The number of hydrogen-bond acceptors (Lipinski definition) is 2. The Morgan fingerprint density at radius 2 is 2.00 bits per heavy atom. The molecule has 100 valence electrons. The minimum absolute atomic E-state index is 0.248. The zero-order valence-corrected chi connectivity index (χ0v) is 12.0. The first-order valence-electron chi connectivity index (χ1n) is 7.16. The minimum atomic E-state index is 0.248. The van der Waals surface area contributed by atoms with E-state index in [2.05, 4.69) is 61.4 Å². The van der Waals surface area contributed by atoms with Crippen LogP contribution in [-0.2, 0) is 6.54 Å². The van der Waals surface area contributed by atoms with E-state index in [4.69, 9.17) is 0 Å². The Labute approximate surface area is 115 Å². The molecule has 1 heterocycles. The van der Waals surface area contributed by atoms with E-state index in [1.807, 2.05) is 0 Å². The predicted octanol–water partition coefficient (Wildman–Crippen LogP) is 3.82. The van der Waals surface area contributed by atoms with E-state index in [0.717, 1.165) is 23.7 Å². The molecule has 1 N–H and O–H groups in total. The molecule has 1 saturated carbocycles. The summed E-state index contributed by atoms with van der Waals surface area (Å²) in [4.78, 5) is 4.60. The molecule has 2 nitrogen and oxygen atoms in total. The first kappa shape index (κ1) is 12.6. The Kier molecular flexibility index (Phi) is 3.06. The lowest BCUT2D eigenvalue weighted by atomic mass is 9.98. The van der Waals surface area contributed by atoms with Crippen LogP contribution in [0, 0.1) is 12.8 Å². The number of rotatable bonds is 4. The van der Waals surface area contributed by atoms with Crippen LogP contribution in [0.15, 0.2) is 30.3 Å². The van der Waals surface area contributed by atoms with Gasteiger partial charge in [-0.25, -0.2) is 0 Å². The normalized spacial score (nSPS) is 15.9. The summed E-state index contributed by atoms with van der Waals surface area (Å²) < 4.78 is 0. The van der Waals surface area contributed by atoms with E-state index in [1.54, 1.807) is 0 Å². The number of aromatic nitrogens is 1. The Balaban J connectivity index is 1.87. The highest BCUT2D eigenvalue weighted by atomic mass is 15.0. The van der Waals surface area contributed by atoms with Crippen molar-refractivity contribution in [1.82, 2.24) is 10.3 Å². The van der Waals surface area contributed by atoms with Crippen LogP contribution in [0.25, 0.3) is 10.9 Å². The van der Waals surface area contributed by atoms with E-state index in [1.165, 1.54) is 23.8 Å². The first-order valence-corrected chi connectivity index (χ1v) is 7.16. The number of nitrogens with one attached hydrogen (secondary N) is 1. The average molecular weight is 254 g/mol. The number of pyridine rings is 1. The van der Waals surface area contributed by atoms with Crippen molar-refractivity contribution in [2.45, 2.75) is 45.7 Å². The maximum absolute atomic E-state index is 4.60. The number of hydrogen-bond donors (Lipinski definition) is 1. The molecule has 0 spiro atoms. The molecular formula is C17H22N2. The Morgan fingerprint density at radius 1 is 1.26 bits per heavy atom. The quantitative estimate of drug-likeness (QED) is 0.897. The van der Waals surface area contributed by atoms with Crippen molar-refractivity contribution >= 4 is 10.9 Å². The summed E-state index contributed by atoms with van der Waals surface area (Å²) in [6.45, 7) is 7.64. The second kappa shape index (κ2) is 4.61. The van der Waals surface area contributed by atoms with Crippen LogP contribution in [-0.4, -0.2) is 10.5 Å².